The molecule has 0 amide bonds. The van der Waals surface area contributed by atoms with Crippen molar-refractivity contribution in [2.75, 3.05) is 0 Å². The van der Waals surface area contributed by atoms with Gasteiger partial charge >= 0.3 is 5.97 Å². The molecule has 0 aromatic carbocycles. The van der Waals surface area contributed by atoms with Crippen LogP contribution in [0.5, 0.6) is 0 Å². The van der Waals surface area contributed by atoms with Gasteiger partial charge in [-0.25, -0.2) is 0 Å². The zero-order valence-corrected chi connectivity index (χ0v) is 39.3. The molecule has 4 saturated carbocycles. The average molecular weight is 821 g/mol. The van der Waals surface area contributed by atoms with Gasteiger partial charge in [-0.05, 0) is 125 Å². The van der Waals surface area contributed by atoms with Gasteiger partial charge in [-0.15, -0.1) is 0 Å². The molecule has 9 rings (SSSR count). The Labute approximate surface area is 359 Å². The summed E-state index contributed by atoms with van der Waals surface area (Å²) in [7, 11) is 0. The summed E-state index contributed by atoms with van der Waals surface area (Å²) in [5.41, 5.74) is -0.0967. The molecular weight excluding hydrogens is 733 g/mol. The maximum Gasteiger partial charge on any atom is 0.307 e. The lowest BCUT2D eigenvalue weighted by atomic mass is 9.43. The van der Waals surface area contributed by atoms with E-state index in [0.29, 0.717) is 47.3 Å². The lowest BCUT2D eigenvalue weighted by molar-refractivity contribution is -0.176. The minimum Gasteiger partial charge on any atom is -0.481 e. The van der Waals surface area contributed by atoms with Crippen molar-refractivity contribution in [3.63, 3.8) is 0 Å². The largest absolute Gasteiger partial charge is 0.481 e. The topological polar surface area (TPSA) is 134 Å². The van der Waals surface area contributed by atoms with Crippen molar-refractivity contribution in [3.8, 4) is 0 Å². The molecular formula is C49H88N8O2. The van der Waals surface area contributed by atoms with Crippen LogP contribution in [-0.4, -0.2) is 60.4 Å². The zero-order valence-electron chi connectivity index (χ0n) is 39.3. The summed E-state index contributed by atoms with van der Waals surface area (Å²) in [4.78, 5) is 14.3. The third kappa shape index (κ3) is 7.61. The summed E-state index contributed by atoms with van der Waals surface area (Å²) in [6, 6.07) is 0. The molecule has 10 heteroatoms. The number of hydrogen-bond acceptors (Lipinski definition) is 9. The number of fused-ring (bicyclic) bond motifs is 20. The number of rotatable bonds is 1. The van der Waals surface area contributed by atoms with E-state index in [1.807, 2.05) is 0 Å². The van der Waals surface area contributed by atoms with E-state index in [4.69, 9.17) is 0 Å². The first kappa shape index (κ1) is 43.4. The second kappa shape index (κ2) is 15.4. The van der Waals surface area contributed by atoms with E-state index < -0.39 is 11.9 Å². The second-order valence-electron chi connectivity index (χ2n) is 26.2. The standard InChI is InChI=1S/C49H88N8O2/c1-46(2,3)29-23-17-22-28-30(29)42-55-41(28)53-39-25-19-14-13-18-24(25)37(51-39)50-38-26-20-15-16-21-27(26)40(52-38)54-43-31-32(44(56-42)57-43)34(47(4,5)6)36(49(10,11)12)35(48(7,8)9)33(31)45(58)59/h24-44,50-57H,13-23H2,1-12H3,(H,58,59). The third-order valence-electron chi connectivity index (χ3n) is 18.8. The molecule has 59 heavy (non-hydrogen) atoms. The maximum atomic E-state index is 14.3. The van der Waals surface area contributed by atoms with Crippen molar-refractivity contribution in [2.45, 2.75) is 203 Å². The summed E-state index contributed by atoms with van der Waals surface area (Å²) in [6.45, 7) is 29.0. The van der Waals surface area contributed by atoms with Gasteiger partial charge in [-0.2, -0.15) is 0 Å². The monoisotopic (exact) mass is 821 g/mol. The smallest absolute Gasteiger partial charge is 0.307 e. The molecule has 0 radical (unpaired) electrons. The van der Waals surface area contributed by atoms with Crippen LogP contribution < -0.4 is 42.5 Å². The van der Waals surface area contributed by atoms with Crippen LogP contribution in [0.1, 0.15) is 154 Å². The van der Waals surface area contributed by atoms with Gasteiger partial charge in [0.2, 0.25) is 0 Å². The molecule has 5 heterocycles. The van der Waals surface area contributed by atoms with Gasteiger partial charge in [-0.1, -0.05) is 115 Å². The quantitative estimate of drug-likeness (QED) is 0.136. The van der Waals surface area contributed by atoms with Gasteiger partial charge < -0.3 is 5.11 Å². The van der Waals surface area contributed by atoms with E-state index >= 15 is 0 Å². The van der Waals surface area contributed by atoms with E-state index in [-0.39, 0.29) is 94.7 Å². The first-order chi connectivity index (χ1) is 27.6. The summed E-state index contributed by atoms with van der Waals surface area (Å²) >= 11 is 0. The molecule has 8 bridgehead atoms. The molecule has 4 aliphatic carbocycles. The fourth-order valence-electron chi connectivity index (χ4n) is 16.9. The van der Waals surface area contributed by atoms with Crippen molar-refractivity contribution in [1.29, 1.82) is 0 Å². The van der Waals surface area contributed by atoms with Crippen LogP contribution in [0.25, 0.3) is 0 Å². The number of carboxylic acids is 1. The van der Waals surface area contributed by atoms with Crippen molar-refractivity contribution in [3.05, 3.63) is 0 Å². The molecule has 0 spiro atoms. The number of carbonyl (C=O) groups is 1. The molecule has 21 atom stereocenters. The van der Waals surface area contributed by atoms with Gasteiger partial charge in [0.15, 0.2) is 0 Å². The lowest BCUT2D eigenvalue weighted by Gasteiger charge is -2.61. The average Bonchev–Trinajstić information content (AvgIpc) is 3.88. The number of nitrogens with one attached hydrogen (secondary N) is 8. The molecule has 0 aromatic rings. The molecule has 336 valence electrons. The van der Waals surface area contributed by atoms with Crippen molar-refractivity contribution >= 4 is 5.97 Å². The summed E-state index contributed by atoms with van der Waals surface area (Å²) in [5, 5.41) is 46.3. The van der Waals surface area contributed by atoms with Crippen LogP contribution in [0.15, 0.2) is 0 Å². The van der Waals surface area contributed by atoms with Crippen LogP contribution >= 0.6 is 0 Å². The Morgan fingerprint density at radius 1 is 0.373 bits per heavy atom. The highest BCUT2D eigenvalue weighted by molar-refractivity contribution is 5.71. The lowest BCUT2D eigenvalue weighted by Crippen LogP contribution is -2.64. The van der Waals surface area contributed by atoms with E-state index in [0.717, 1.165) is 0 Å². The van der Waals surface area contributed by atoms with Gasteiger partial charge in [0.05, 0.1) is 55.2 Å². The SMILES string of the molecule is CC(C)(C)C1CCCC2C3NC4NC(NC5NC(NC6NC(NC(N3)C21)C1C6C(C(=O)O)C(C(C)(C)C)C(C(C)(C)C)C1C(C)(C)C)C1CCCCC51)C1CCCCC41. The molecule has 5 aliphatic heterocycles. The highest BCUT2D eigenvalue weighted by atomic mass is 16.4. The molecule has 10 nitrogen and oxygen atoms in total. The van der Waals surface area contributed by atoms with Crippen LogP contribution in [-0.2, 0) is 4.79 Å². The Hall–Kier alpha value is -0.850. The number of hydrogen-bond donors (Lipinski definition) is 9. The molecule has 21 unspecified atom stereocenters. The van der Waals surface area contributed by atoms with E-state index in [1.54, 1.807) is 0 Å². The first-order valence-corrected chi connectivity index (χ1v) is 24.9. The summed E-state index contributed by atoms with van der Waals surface area (Å²) < 4.78 is 0. The van der Waals surface area contributed by atoms with Crippen molar-refractivity contribution in [1.82, 2.24) is 42.5 Å². The van der Waals surface area contributed by atoms with E-state index in [9.17, 15) is 9.90 Å². The second-order valence-corrected chi connectivity index (χ2v) is 26.2. The fraction of sp³-hybridized carbons (Fsp3) is 0.980. The third-order valence-corrected chi connectivity index (χ3v) is 18.8. The Morgan fingerprint density at radius 2 is 0.712 bits per heavy atom. The van der Waals surface area contributed by atoms with Crippen LogP contribution in [0.4, 0.5) is 0 Å². The summed E-state index contributed by atoms with van der Waals surface area (Å²) in [6.07, 6.45) is 15.2. The van der Waals surface area contributed by atoms with Crippen LogP contribution in [0.3, 0.4) is 0 Å². The predicted octanol–water partition coefficient (Wildman–Crippen LogP) is 7.01. The summed E-state index contributed by atoms with van der Waals surface area (Å²) in [5.74, 6) is 3.48. The fourth-order valence-corrected chi connectivity index (χ4v) is 16.9. The molecule has 9 N–H and O–H groups in total. The van der Waals surface area contributed by atoms with Gasteiger partial charge in [0.25, 0.3) is 0 Å². The maximum absolute atomic E-state index is 14.3. The Kier molecular flexibility index (Phi) is 11.3. The van der Waals surface area contributed by atoms with E-state index in [2.05, 4.69) is 126 Å². The van der Waals surface area contributed by atoms with Crippen LogP contribution in [0.2, 0.25) is 0 Å². The van der Waals surface area contributed by atoms with Crippen molar-refractivity contribution < 1.29 is 9.90 Å². The minimum absolute atomic E-state index is 0.0223. The highest BCUT2D eigenvalue weighted by Gasteiger charge is 2.67. The first-order valence-electron chi connectivity index (χ1n) is 24.9. The van der Waals surface area contributed by atoms with Gasteiger partial charge in [0, 0.05) is 5.92 Å². The zero-order chi connectivity index (χ0) is 42.1. The van der Waals surface area contributed by atoms with E-state index in [1.165, 1.54) is 70.6 Å². The Bertz CT molecular complexity index is 1530. The number of aliphatic carboxylic acids is 1. The number of carboxylic acid groups (broad SMARTS) is 1. The molecule has 0 aromatic heterocycles. The molecule has 9 fully saturated rings. The Morgan fingerprint density at radius 3 is 1.10 bits per heavy atom. The normalized spacial score (nSPS) is 50.4. The minimum atomic E-state index is -0.608. The van der Waals surface area contributed by atoms with Gasteiger partial charge in [0.1, 0.15) is 0 Å². The van der Waals surface area contributed by atoms with Gasteiger partial charge in [-0.3, -0.25) is 47.3 Å². The highest BCUT2D eigenvalue weighted by Crippen LogP contribution is 2.64. The molecule has 5 saturated heterocycles. The predicted molar refractivity (Wildman–Crippen MR) is 237 cm³/mol. The van der Waals surface area contributed by atoms with Crippen molar-refractivity contribution in [2.24, 2.45) is 98.6 Å². The molecule has 9 aliphatic rings. The van der Waals surface area contributed by atoms with Crippen LogP contribution in [0, 0.1) is 98.6 Å². The Balaban J connectivity index is 1.19.